The third kappa shape index (κ3) is 4.53. The minimum Gasteiger partial charge on any atom is -0.268 e. The van der Waals surface area contributed by atoms with Crippen molar-refractivity contribution in [3.8, 4) is 11.3 Å². The molecule has 2 aliphatic heterocycles. The number of hydrogen-bond donors (Lipinski definition) is 0. The first kappa shape index (κ1) is 25.4. The molecule has 5 aromatic rings. The van der Waals surface area contributed by atoms with Gasteiger partial charge in [-0.1, -0.05) is 77.8 Å². The maximum atomic E-state index is 13.1. The van der Waals surface area contributed by atoms with E-state index in [0.29, 0.717) is 21.8 Å². The molecule has 0 radical (unpaired) electrons. The van der Waals surface area contributed by atoms with Crippen molar-refractivity contribution in [2.75, 3.05) is 9.91 Å². The fourth-order valence-electron chi connectivity index (χ4n) is 5.28. The standard InChI is InChI=1S/C33H23ClN4O2S/c1-20-9-11-21(12-10-20)28-18-30(22-13-15-24(34)16-14-22)38(36-28)33-35-29(19-41-33)23-5-4-6-25(17-23)37-31(39)26-7-2-3-8-27(26)32(37)40/h2-17,19,30H,18H2,1H3. The number of aryl methyl sites for hydroxylation is 1. The minimum atomic E-state index is -0.317. The molecule has 200 valence electrons. The second kappa shape index (κ2) is 10.1. The van der Waals surface area contributed by atoms with Gasteiger partial charge in [0, 0.05) is 22.4 Å². The molecule has 0 aliphatic carbocycles. The third-order valence-electron chi connectivity index (χ3n) is 7.43. The first-order valence-corrected chi connectivity index (χ1v) is 14.4. The van der Waals surface area contributed by atoms with Crippen molar-refractivity contribution >= 4 is 51.3 Å². The summed E-state index contributed by atoms with van der Waals surface area (Å²) in [4.78, 5) is 32.3. The van der Waals surface area contributed by atoms with E-state index in [1.165, 1.54) is 21.8 Å². The van der Waals surface area contributed by atoms with Crippen LogP contribution in [-0.4, -0.2) is 22.5 Å². The predicted octanol–water partition coefficient (Wildman–Crippen LogP) is 7.93. The number of anilines is 2. The van der Waals surface area contributed by atoms with Crippen LogP contribution in [0.1, 0.15) is 49.9 Å². The van der Waals surface area contributed by atoms with Crippen LogP contribution in [0.2, 0.25) is 5.02 Å². The Labute approximate surface area is 246 Å². The van der Waals surface area contributed by atoms with Crippen LogP contribution < -0.4 is 9.91 Å². The van der Waals surface area contributed by atoms with Crippen LogP contribution in [0.25, 0.3) is 11.3 Å². The van der Waals surface area contributed by atoms with Gasteiger partial charge in [0.05, 0.1) is 34.3 Å². The second-order valence-electron chi connectivity index (χ2n) is 10.1. The summed E-state index contributed by atoms with van der Waals surface area (Å²) in [6.07, 6.45) is 0.731. The van der Waals surface area contributed by atoms with Gasteiger partial charge >= 0.3 is 0 Å². The number of carbonyl (C=O) groups is 2. The molecule has 0 spiro atoms. The zero-order valence-corrected chi connectivity index (χ0v) is 23.6. The van der Waals surface area contributed by atoms with Crippen LogP contribution in [0, 0.1) is 6.92 Å². The molecular weight excluding hydrogens is 552 g/mol. The van der Waals surface area contributed by atoms with Crippen molar-refractivity contribution in [3.05, 3.63) is 135 Å². The maximum absolute atomic E-state index is 13.1. The van der Waals surface area contributed by atoms with Crippen molar-refractivity contribution in [1.82, 2.24) is 4.98 Å². The number of hydrazone groups is 1. The van der Waals surface area contributed by atoms with Gasteiger partial charge in [-0.05, 0) is 54.4 Å². The van der Waals surface area contributed by atoms with E-state index in [1.807, 2.05) is 52.9 Å². The molecule has 1 aromatic heterocycles. The number of thiazole rings is 1. The fraction of sp³-hybridized carbons (Fsp3) is 0.0909. The smallest absolute Gasteiger partial charge is 0.266 e. The molecule has 1 unspecified atom stereocenters. The highest BCUT2D eigenvalue weighted by Gasteiger charge is 2.36. The van der Waals surface area contributed by atoms with Crippen LogP contribution in [0.15, 0.2) is 108 Å². The zero-order chi connectivity index (χ0) is 28.1. The lowest BCUT2D eigenvalue weighted by atomic mass is 9.98. The molecule has 4 aromatic carbocycles. The Bertz CT molecular complexity index is 1810. The summed E-state index contributed by atoms with van der Waals surface area (Å²) in [7, 11) is 0. The Balaban J connectivity index is 1.22. The first-order valence-electron chi connectivity index (χ1n) is 13.2. The van der Waals surface area contributed by atoms with Crippen molar-refractivity contribution in [2.24, 2.45) is 5.10 Å². The molecule has 0 saturated carbocycles. The van der Waals surface area contributed by atoms with Gasteiger partial charge in [-0.25, -0.2) is 14.9 Å². The van der Waals surface area contributed by atoms with Gasteiger partial charge < -0.3 is 0 Å². The van der Waals surface area contributed by atoms with Gasteiger partial charge in [0.15, 0.2) is 0 Å². The Morgan fingerprint density at radius 1 is 0.829 bits per heavy atom. The number of nitrogens with zero attached hydrogens (tertiary/aromatic N) is 4. The van der Waals surface area contributed by atoms with Crippen LogP contribution in [0.4, 0.5) is 10.8 Å². The van der Waals surface area contributed by atoms with Crippen molar-refractivity contribution in [2.45, 2.75) is 19.4 Å². The van der Waals surface area contributed by atoms with Crippen LogP contribution in [0.3, 0.4) is 0 Å². The van der Waals surface area contributed by atoms with Crippen molar-refractivity contribution in [3.63, 3.8) is 0 Å². The fourth-order valence-corrected chi connectivity index (χ4v) is 6.24. The summed E-state index contributed by atoms with van der Waals surface area (Å²) in [5, 5.41) is 10.4. The number of amides is 2. The van der Waals surface area contributed by atoms with E-state index in [-0.39, 0.29) is 17.9 Å². The average molecular weight is 575 g/mol. The molecule has 0 bridgehead atoms. The number of imide groups is 1. The molecule has 8 heteroatoms. The predicted molar refractivity (Wildman–Crippen MR) is 164 cm³/mol. The number of halogens is 1. The molecule has 3 heterocycles. The Kier molecular flexibility index (Phi) is 6.26. The number of benzene rings is 4. The molecule has 7 rings (SSSR count). The molecule has 2 amide bonds. The topological polar surface area (TPSA) is 65.9 Å². The molecule has 6 nitrogen and oxygen atoms in total. The monoisotopic (exact) mass is 574 g/mol. The van der Waals surface area contributed by atoms with Gasteiger partial charge in [0.2, 0.25) is 5.13 Å². The lowest BCUT2D eigenvalue weighted by Gasteiger charge is -2.21. The van der Waals surface area contributed by atoms with E-state index < -0.39 is 0 Å². The summed E-state index contributed by atoms with van der Waals surface area (Å²) in [5.74, 6) is -0.634. The Morgan fingerprint density at radius 3 is 2.24 bits per heavy atom. The van der Waals surface area contributed by atoms with E-state index in [0.717, 1.165) is 39.6 Å². The van der Waals surface area contributed by atoms with Gasteiger partial charge in [0.25, 0.3) is 11.8 Å². The third-order valence-corrected chi connectivity index (χ3v) is 8.51. The number of carbonyl (C=O) groups excluding carboxylic acids is 2. The zero-order valence-electron chi connectivity index (χ0n) is 22.0. The molecule has 2 aliphatic rings. The second-order valence-corrected chi connectivity index (χ2v) is 11.4. The van der Waals surface area contributed by atoms with Crippen LogP contribution in [-0.2, 0) is 0 Å². The van der Waals surface area contributed by atoms with E-state index in [4.69, 9.17) is 21.7 Å². The van der Waals surface area contributed by atoms with Crippen LogP contribution in [0.5, 0.6) is 0 Å². The summed E-state index contributed by atoms with van der Waals surface area (Å²) in [6.45, 7) is 2.07. The molecule has 41 heavy (non-hydrogen) atoms. The summed E-state index contributed by atoms with van der Waals surface area (Å²) >= 11 is 7.69. The molecule has 0 N–H and O–H groups in total. The van der Waals surface area contributed by atoms with E-state index in [2.05, 4.69) is 31.2 Å². The van der Waals surface area contributed by atoms with Gasteiger partial charge in [-0.15, -0.1) is 11.3 Å². The molecular formula is C33H23ClN4O2S. The highest BCUT2D eigenvalue weighted by atomic mass is 35.5. The Morgan fingerprint density at radius 2 is 1.54 bits per heavy atom. The first-order chi connectivity index (χ1) is 20.0. The highest BCUT2D eigenvalue weighted by molar-refractivity contribution is 7.14. The summed E-state index contributed by atoms with van der Waals surface area (Å²) in [6, 6.07) is 30.5. The molecule has 1 atom stereocenters. The molecule has 0 saturated heterocycles. The Hall–Kier alpha value is -4.59. The number of aromatic nitrogens is 1. The quantitative estimate of drug-likeness (QED) is 0.200. The van der Waals surface area contributed by atoms with E-state index in [9.17, 15) is 9.59 Å². The van der Waals surface area contributed by atoms with Gasteiger partial charge in [-0.3, -0.25) is 9.59 Å². The van der Waals surface area contributed by atoms with Crippen molar-refractivity contribution in [1.29, 1.82) is 0 Å². The number of fused-ring (bicyclic) bond motifs is 1. The van der Waals surface area contributed by atoms with E-state index in [1.54, 1.807) is 30.3 Å². The lowest BCUT2D eigenvalue weighted by Crippen LogP contribution is -2.29. The summed E-state index contributed by atoms with van der Waals surface area (Å²) < 4.78 is 0. The van der Waals surface area contributed by atoms with Crippen LogP contribution >= 0.6 is 22.9 Å². The summed E-state index contributed by atoms with van der Waals surface area (Å²) in [5.41, 5.74) is 7.30. The largest absolute Gasteiger partial charge is 0.268 e. The van der Waals surface area contributed by atoms with E-state index >= 15 is 0 Å². The normalized spacial score (nSPS) is 16.3. The number of hydrogen-bond acceptors (Lipinski definition) is 6. The number of rotatable bonds is 5. The van der Waals surface area contributed by atoms with Gasteiger partial charge in [-0.2, -0.15) is 5.10 Å². The van der Waals surface area contributed by atoms with Crippen molar-refractivity contribution < 1.29 is 9.59 Å². The SMILES string of the molecule is Cc1ccc(C2=NN(c3nc(-c4cccc(N5C(=O)c6ccccc6C5=O)c4)cs3)C(c3ccc(Cl)cc3)C2)cc1. The average Bonchev–Trinajstić information content (AvgIpc) is 3.71. The lowest BCUT2D eigenvalue weighted by molar-refractivity contribution is 0.0926. The minimum absolute atomic E-state index is 0.0350. The maximum Gasteiger partial charge on any atom is 0.266 e. The van der Waals surface area contributed by atoms with Gasteiger partial charge in [0.1, 0.15) is 0 Å². The highest BCUT2D eigenvalue weighted by Crippen LogP contribution is 2.40. The molecule has 0 fully saturated rings.